The second-order valence-corrected chi connectivity index (χ2v) is 7.75. The monoisotopic (exact) mass is 402 g/mol. The van der Waals surface area contributed by atoms with Gasteiger partial charge in [0.05, 0.1) is 13.2 Å². The van der Waals surface area contributed by atoms with Gasteiger partial charge in [-0.25, -0.2) is 0 Å². The molecule has 2 heterocycles. The topological polar surface area (TPSA) is 65.1 Å². The first-order valence-electron chi connectivity index (χ1n) is 10.8. The first-order valence-corrected chi connectivity index (χ1v) is 10.8. The van der Waals surface area contributed by atoms with Gasteiger partial charge in [-0.3, -0.25) is 14.5 Å². The molecule has 1 aromatic carbocycles. The summed E-state index contributed by atoms with van der Waals surface area (Å²) >= 11 is 0. The molecule has 0 bridgehead atoms. The van der Waals surface area contributed by atoms with E-state index >= 15 is 0 Å². The molecular weight excluding hydrogens is 368 g/mol. The third-order valence-electron chi connectivity index (χ3n) is 5.83. The highest BCUT2D eigenvalue weighted by atomic mass is 16.5. The number of carbonyl (C=O) groups is 2. The summed E-state index contributed by atoms with van der Waals surface area (Å²) in [6, 6.07) is 8.30. The molecule has 2 saturated heterocycles. The van der Waals surface area contributed by atoms with E-state index in [9.17, 15) is 9.59 Å². The Morgan fingerprint density at radius 1 is 0.931 bits per heavy atom. The predicted octanol–water partition coefficient (Wildman–Crippen LogP) is 1.08. The highest BCUT2D eigenvalue weighted by molar-refractivity contribution is 5.83. The van der Waals surface area contributed by atoms with Crippen LogP contribution >= 0.6 is 0 Å². The molecule has 0 spiro atoms. The molecule has 2 aliphatic rings. The van der Waals surface area contributed by atoms with Crippen LogP contribution in [0.5, 0.6) is 0 Å². The molecule has 160 valence electrons. The van der Waals surface area contributed by atoms with E-state index in [1.807, 2.05) is 6.07 Å². The van der Waals surface area contributed by atoms with Crippen LogP contribution in [0.2, 0.25) is 0 Å². The van der Waals surface area contributed by atoms with Crippen LogP contribution in [0, 0.1) is 0 Å². The fraction of sp³-hybridized carbons (Fsp3) is 0.636. The third kappa shape index (κ3) is 6.80. The van der Waals surface area contributed by atoms with Gasteiger partial charge in [-0.2, -0.15) is 0 Å². The Kier molecular flexibility index (Phi) is 8.46. The summed E-state index contributed by atoms with van der Waals surface area (Å²) in [4.78, 5) is 31.2. The van der Waals surface area contributed by atoms with Crippen molar-refractivity contribution in [3.63, 3.8) is 0 Å². The van der Waals surface area contributed by atoms with Gasteiger partial charge >= 0.3 is 0 Å². The summed E-state index contributed by atoms with van der Waals surface area (Å²) in [6.07, 6.45) is 0.493. The van der Waals surface area contributed by atoms with E-state index in [0.717, 1.165) is 44.8 Å². The van der Waals surface area contributed by atoms with Crippen LogP contribution in [0.3, 0.4) is 0 Å². The largest absolute Gasteiger partial charge is 0.378 e. The van der Waals surface area contributed by atoms with E-state index in [-0.39, 0.29) is 24.7 Å². The Bertz CT molecular complexity index is 668. The number of nitrogens with zero attached hydrogens (tertiary/aromatic N) is 3. The normalized spacial score (nSPS) is 18.6. The number of morpholine rings is 1. The van der Waals surface area contributed by atoms with Crippen LogP contribution in [0.4, 0.5) is 0 Å². The summed E-state index contributed by atoms with van der Waals surface area (Å²) < 4.78 is 5.26. The maximum atomic E-state index is 12.3. The van der Waals surface area contributed by atoms with Crippen LogP contribution in [0.25, 0.3) is 0 Å². The van der Waals surface area contributed by atoms with Crippen LogP contribution in [0.1, 0.15) is 30.9 Å². The lowest BCUT2D eigenvalue weighted by molar-refractivity contribution is -0.137. The highest BCUT2D eigenvalue weighted by Gasteiger charge is 2.18. The minimum Gasteiger partial charge on any atom is -0.378 e. The van der Waals surface area contributed by atoms with Crippen molar-refractivity contribution in [2.24, 2.45) is 0 Å². The fourth-order valence-corrected chi connectivity index (χ4v) is 3.86. The average molecular weight is 403 g/mol. The molecule has 0 saturated carbocycles. The number of benzene rings is 1. The van der Waals surface area contributed by atoms with Crippen LogP contribution in [-0.2, 0) is 27.4 Å². The molecule has 7 heteroatoms. The first-order chi connectivity index (χ1) is 14.2. The molecule has 0 radical (unpaired) electrons. The number of amides is 2. The zero-order valence-corrected chi connectivity index (χ0v) is 17.6. The lowest BCUT2D eigenvalue weighted by atomic mass is 10.1. The van der Waals surface area contributed by atoms with Gasteiger partial charge in [0.15, 0.2) is 0 Å². The SMILES string of the molecule is CCN1CCN(Cc2ccccc2CNC(=O)CCC(=O)N2CCOCC2)CC1. The number of rotatable bonds is 8. The van der Waals surface area contributed by atoms with E-state index in [1.54, 1.807) is 4.90 Å². The standard InChI is InChI=1S/C22H34N4O3/c1-2-24-9-11-25(12-10-24)18-20-6-4-3-5-19(20)17-23-21(27)7-8-22(28)26-13-15-29-16-14-26/h3-6H,2,7-18H2,1H3,(H,23,27). The predicted molar refractivity (Wildman–Crippen MR) is 112 cm³/mol. The number of ether oxygens (including phenoxy) is 1. The van der Waals surface area contributed by atoms with E-state index in [4.69, 9.17) is 4.74 Å². The van der Waals surface area contributed by atoms with Crippen molar-refractivity contribution in [3.05, 3.63) is 35.4 Å². The van der Waals surface area contributed by atoms with Gasteiger partial charge in [-0.15, -0.1) is 0 Å². The van der Waals surface area contributed by atoms with Crippen LogP contribution < -0.4 is 5.32 Å². The molecule has 2 aliphatic heterocycles. The van der Waals surface area contributed by atoms with E-state index in [1.165, 1.54) is 5.56 Å². The number of carbonyl (C=O) groups excluding carboxylic acids is 2. The first kappa shape index (κ1) is 21.7. The van der Waals surface area contributed by atoms with Crippen molar-refractivity contribution in [2.75, 3.05) is 59.0 Å². The zero-order valence-electron chi connectivity index (χ0n) is 17.6. The van der Waals surface area contributed by atoms with Gasteiger partial charge in [0.25, 0.3) is 0 Å². The van der Waals surface area contributed by atoms with Gasteiger partial charge in [0.1, 0.15) is 0 Å². The van der Waals surface area contributed by atoms with Crippen molar-refractivity contribution >= 4 is 11.8 Å². The number of hydrogen-bond acceptors (Lipinski definition) is 5. The molecule has 0 unspecified atom stereocenters. The van der Waals surface area contributed by atoms with E-state index in [0.29, 0.717) is 32.8 Å². The fourth-order valence-electron chi connectivity index (χ4n) is 3.86. The number of nitrogens with one attached hydrogen (secondary N) is 1. The molecule has 3 rings (SSSR count). The summed E-state index contributed by atoms with van der Waals surface area (Å²) in [5.41, 5.74) is 2.42. The summed E-state index contributed by atoms with van der Waals surface area (Å²) in [5.74, 6) is -0.0342. The van der Waals surface area contributed by atoms with Crippen molar-refractivity contribution in [3.8, 4) is 0 Å². The average Bonchev–Trinajstić information content (AvgIpc) is 2.78. The minimum atomic E-state index is -0.0713. The molecule has 7 nitrogen and oxygen atoms in total. The van der Waals surface area contributed by atoms with Crippen molar-refractivity contribution in [2.45, 2.75) is 32.9 Å². The van der Waals surface area contributed by atoms with Crippen LogP contribution in [0.15, 0.2) is 24.3 Å². The molecule has 1 N–H and O–H groups in total. The van der Waals surface area contributed by atoms with Crippen molar-refractivity contribution < 1.29 is 14.3 Å². The Morgan fingerprint density at radius 3 is 2.28 bits per heavy atom. The molecular formula is C22H34N4O3. The van der Waals surface area contributed by atoms with Crippen molar-refractivity contribution in [1.29, 1.82) is 0 Å². The second kappa shape index (κ2) is 11.3. The molecule has 29 heavy (non-hydrogen) atoms. The Labute approximate surface area is 174 Å². The van der Waals surface area contributed by atoms with E-state index in [2.05, 4.69) is 40.2 Å². The van der Waals surface area contributed by atoms with Crippen LogP contribution in [-0.4, -0.2) is 85.5 Å². The van der Waals surface area contributed by atoms with E-state index < -0.39 is 0 Å². The smallest absolute Gasteiger partial charge is 0.223 e. The molecule has 2 fully saturated rings. The van der Waals surface area contributed by atoms with Gasteiger partial charge in [-0.1, -0.05) is 31.2 Å². The van der Waals surface area contributed by atoms with Gasteiger partial charge < -0.3 is 19.9 Å². The Hall–Kier alpha value is -1.96. The van der Waals surface area contributed by atoms with Crippen molar-refractivity contribution in [1.82, 2.24) is 20.0 Å². The number of hydrogen-bond donors (Lipinski definition) is 1. The molecule has 2 amide bonds. The maximum absolute atomic E-state index is 12.3. The lowest BCUT2D eigenvalue weighted by Crippen LogP contribution is -2.45. The molecule has 1 aromatic rings. The second-order valence-electron chi connectivity index (χ2n) is 7.75. The number of piperazine rings is 1. The highest BCUT2D eigenvalue weighted by Crippen LogP contribution is 2.14. The summed E-state index contributed by atoms with van der Waals surface area (Å²) in [7, 11) is 0. The van der Waals surface area contributed by atoms with Gasteiger partial charge in [0.2, 0.25) is 11.8 Å². The molecule has 0 atom stereocenters. The number of likely N-dealkylation sites (N-methyl/N-ethyl adjacent to an activating group) is 1. The Balaban J connectivity index is 1.43. The Morgan fingerprint density at radius 2 is 1.59 bits per heavy atom. The maximum Gasteiger partial charge on any atom is 0.223 e. The third-order valence-corrected chi connectivity index (χ3v) is 5.83. The molecule has 0 aromatic heterocycles. The minimum absolute atomic E-state index is 0.0371. The van der Waals surface area contributed by atoms with Gasteiger partial charge in [-0.05, 0) is 17.7 Å². The molecule has 0 aliphatic carbocycles. The summed E-state index contributed by atoms with van der Waals surface area (Å²) in [5, 5.41) is 2.99. The lowest BCUT2D eigenvalue weighted by Gasteiger charge is -2.34. The van der Waals surface area contributed by atoms with Gasteiger partial charge in [0, 0.05) is 65.2 Å². The quantitative estimate of drug-likeness (QED) is 0.705. The zero-order chi connectivity index (χ0) is 20.5. The summed E-state index contributed by atoms with van der Waals surface area (Å²) in [6.45, 7) is 11.6.